The molecule has 0 unspecified atom stereocenters. The van der Waals surface area contributed by atoms with E-state index in [9.17, 15) is 8.42 Å². The first-order chi connectivity index (χ1) is 5.17. The molecule has 1 heterocycles. The van der Waals surface area contributed by atoms with Crippen molar-refractivity contribution in [1.82, 2.24) is 4.31 Å². The SMILES string of the molecule is C[CH]S(=O)(=O)N1CCOCC1. The van der Waals surface area contributed by atoms with Gasteiger partial charge < -0.3 is 4.74 Å². The molecular formula is C6H12NO3S. The monoisotopic (exact) mass is 178 g/mol. The molecule has 1 saturated heterocycles. The second kappa shape index (κ2) is 3.51. The normalized spacial score (nSPS) is 21.9. The Morgan fingerprint density at radius 3 is 2.36 bits per heavy atom. The summed E-state index contributed by atoms with van der Waals surface area (Å²) in [7, 11) is -3.09. The van der Waals surface area contributed by atoms with Gasteiger partial charge in [-0.1, -0.05) is 0 Å². The zero-order valence-electron chi connectivity index (χ0n) is 6.49. The van der Waals surface area contributed by atoms with Gasteiger partial charge in [0.05, 0.1) is 19.0 Å². The van der Waals surface area contributed by atoms with E-state index in [2.05, 4.69) is 0 Å². The molecule has 0 aromatic rings. The zero-order chi connectivity index (χ0) is 8.32. The molecule has 0 N–H and O–H groups in total. The average Bonchev–Trinajstić information content (AvgIpc) is 2.06. The Labute approximate surface area is 67.2 Å². The smallest absolute Gasteiger partial charge is 0.218 e. The average molecular weight is 178 g/mol. The van der Waals surface area contributed by atoms with E-state index in [-0.39, 0.29) is 0 Å². The Bertz CT molecular complexity index is 206. The number of sulfonamides is 1. The molecular weight excluding hydrogens is 166 g/mol. The van der Waals surface area contributed by atoms with Crippen LogP contribution in [0, 0.1) is 5.75 Å². The molecule has 5 heteroatoms. The molecule has 1 aliphatic rings. The summed E-state index contributed by atoms with van der Waals surface area (Å²) in [6, 6.07) is 0. The third kappa shape index (κ3) is 2.15. The first kappa shape index (κ1) is 8.96. The Morgan fingerprint density at radius 2 is 1.91 bits per heavy atom. The van der Waals surface area contributed by atoms with Gasteiger partial charge in [0, 0.05) is 13.1 Å². The molecule has 11 heavy (non-hydrogen) atoms. The van der Waals surface area contributed by atoms with E-state index in [1.54, 1.807) is 0 Å². The molecule has 1 radical (unpaired) electrons. The molecule has 0 atom stereocenters. The number of hydrogen-bond acceptors (Lipinski definition) is 3. The van der Waals surface area contributed by atoms with Gasteiger partial charge in [-0.15, -0.1) is 0 Å². The van der Waals surface area contributed by atoms with E-state index >= 15 is 0 Å². The van der Waals surface area contributed by atoms with Gasteiger partial charge in [-0.25, -0.2) is 8.42 Å². The predicted molar refractivity (Wildman–Crippen MR) is 41.3 cm³/mol. The lowest BCUT2D eigenvalue weighted by Gasteiger charge is -2.25. The highest BCUT2D eigenvalue weighted by atomic mass is 32.2. The van der Waals surface area contributed by atoms with E-state index in [1.807, 2.05) is 0 Å². The minimum absolute atomic E-state index is 0.479. The van der Waals surface area contributed by atoms with Crippen molar-refractivity contribution in [1.29, 1.82) is 0 Å². The molecule has 0 aliphatic carbocycles. The fraction of sp³-hybridized carbons (Fsp3) is 0.833. The standard InChI is InChI=1S/C6H12NO3S/c1-2-11(8,9)7-3-5-10-6-4-7/h2H,3-6H2,1H3. The second-order valence-electron chi connectivity index (χ2n) is 2.29. The van der Waals surface area contributed by atoms with Gasteiger partial charge in [-0.3, -0.25) is 0 Å². The summed E-state index contributed by atoms with van der Waals surface area (Å²) in [6.07, 6.45) is 0. The molecule has 4 nitrogen and oxygen atoms in total. The number of nitrogens with zero attached hydrogens (tertiary/aromatic N) is 1. The molecule has 0 aromatic carbocycles. The van der Waals surface area contributed by atoms with Crippen molar-refractivity contribution in [2.75, 3.05) is 26.3 Å². The van der Waals surface area contributed by atoms with Crippen LogP contribution in [-0.2, 0) is 14.8 Å². The quantitative estimate of drug-likeness (QED) is 0.590. The Balaban J connectivity index is 2.58. The third-order valence-electron chi connectivity index (χ3n) is 1.63. The van der Waals surface area contributed by atoms with Crippen molar-refractivity contribution < 1.29 is 13.2 Å². The number of hydrogen-bond donors (Lipinski definition) is 0. The Morgan fingerprint density at radius 1 is 1.36 bits per heavy atom. The van der Waals surface area contributed by atoms with Crippen LogP contribution in [0.15, 0.2) is 0 Å². The van der Waals surface area contributed by atoms with Crippen LogP contribution < -0.4 is 0 Å². The zero-order valence-corrected chi connectivity index (χ0v) is 7.30. The van der Waals surface area contributed by atoms with Crippen LogP contribution in [0.5, 0.6) is 0 Å². The molecule has 1 fully saturated rings. The van der Waals surface area contributed by atoms with Crippen LogP contribution in [0.4, 0.5) is 0 Å². The van der Waals surface area contributed by atoms with Crippen molar-refractivity contribution >= 4 is 10.0 Å². The first-order valence-electron chi connectivity index (χ1n) is 3.54. The van der Waals surface area contributed by atoms with Crippen LogP contribution in [0.1, 0.15) is 6.92 Å². The van der Waals surface area contributed by atoms with Crippen molar-refractivity contribution in [3.8, 4) is 0 Å². The van der Waals surface area contributed by atoms with Gasteiger partial charge in [0.2, 0.25) is 10.0 Å². The molecule has 65 valence electrons. The third-order valence-corrected chi connectivity index (χ3v) is 3.31. The fourth-order valence-electron chi connectivity index (χ4n) is 0.950. The van der Waals surface area contributed by atoms with Gasteiger partial charge in [0.1, 0.15) is 0 Å². The summed E-state index contributed by atoms with van der Waals surface area (Å²) in [4.78, 5) is 0. The minimum Gasteiger partial charge on any atom is -0.379 e. The van der Waals surface area contributed by atoms with Gasteiger partial charge in [-0.2, -0.15) is 4.31 Å². The van der Waals surface area contributed by atoms with Crippen LogP contribution in [0.3, 0.4) is 0 Å². The van der Waals surface area contributed by atoms with Crippen LogP contribution in [0.25, 0.3) is 0 Å². The van der Waals surface area contributed by atoms with Crippen molar-refractivity contribution in [3.63, 3.8) is 0 Å². The molecule has 0 amide bonds. The summed E-state index contributed by atoms with van der Waals surface area (Å²) in [6.45, 7) is 3.50. The Hall–Kier alpha value is -0.130. The summed E-state index contributed by atoms with van der Waals surface area (Å²) in [5.74, 6) is 1.22. The highest BCUT2D eigenvalue weighted by Gasteiger charge is 2.21. The molecule has 0 bridgehead atoms. The van der Waals surface area contributed by atoms with Crippen LogP contribution in [-0.4, -0.2) is 39.0 Å². The number of ether oxygens (including phenoxy) is 1. The highest BCUT2D eigenvalue weighted by molar-refractivity contribution is 7.91. The van der Waals surface area contributed by atoms with Gasteiger partial charge >= 0.3 is 0 Å². The number of morpholine rings is 1. The maximum atomic E-state index is 11.2. The van der Waals surface area contributed by atoms with Gasteiger partial charge in [-0.05, 0) is 6.92 Å². The predicted octanol–water partition coefficient (Wildman–Crippen LogP) is -0.170. The summed E-state index contributed by atoms with van der Waals surface area (Å²) < 4.78 is 28.8. The Kier molecular flexibility index (Phi) is 2.86. The van der Waals surface area contributed by atoms with Crippen LogP contribution in [0.2, 0.25) is 0 Å². The molecule has 0 aromatic heterocycles. The summed E-state index contributed by atoms with van der Waals surface area (Å²) in [5, 5.41) is 0. The van der Waals surface area contributed by atoms with Gasteiger partial charge in [0.25, 0.3) is 0 Å². The summed E-state index contributed by atoms with van der Waals surface area (Å²) in [5.41, 5.74) is 0. The maximum Gasteiger partial charge on any atom is 0.218 e. The topological polar surface area (TPSA) is 46.6 Å². The second-order valence-corrected chi connectivity index (χ2v) is 4.31. The lowest BCUT2D eigenvalue weighted by atomic mass is 10.5. The molecule has 1 rings (SSSR count). The van der Waals surface area contributed by atoms with E-state index < -0.39 is 10.0 Å². The fourth-order valence-corrected chi connectivity index (χ4v) is 1.91. The first-order valence-corrected chi connectivity index (χ1v) is 5.04. The number of rotatable bonds is 2. The largest absolute Gasteiger partial charge is 0.379 e. The molecule has 0 spiro atoms. The minimum atomic E-state index is -3.09. The van der Waals surface area contributed by atoms with Crippen molar-refractivity contribution in [2.24, 2.45) is 0 Å². The van der Waals surface area contributed by atoms with Gasteiger partial charge in [0.15, 0.2) is 0 Å². The van der Waals surface area contributed by atoms with Crippen LogP contribution >= 0.6 is 0 Å². The lowest BCUT2D eigenvalue weighted by Crippen LogP contribution is -2.40. The maximum absolute atomic E-state index is 11.2. The lowest BCUT2D eigenvalue weighted by molar-refractivity contribution is 0.0734. The van der Waals surface area contributed by atoms with E-state index in [4.69, 9.17) is 4.74 Å². The highest BCUT2D eigenvalue weighted by Crippen LogP contribution is 2.06. The van der Waals surface area contributed by atoms with Crippen molar-refractivity contribution in [2.45, 2.75) is 6.92 Å². The van der Waals surface area contributed by atoms with E-state index in [0.29, 0.717) is 26.3 Å². The van der Waals surface area contributed by atoms with E-state index in [0.717, 1.165) is 0 Å². The van der Waals surface area contributed by atoms with Crippen molar-refractivity contribution in [3.05, 3.63) is 5.75 Å². The molecule has 0 saturated carbocycles. The summed E-state index contributed by atoms with van der Waals surface area (Å²) >= 11 is 0. The molecule has 1 aliphatic heterocycles. The van der Waals surface area contributed by atoms with E-state index in [1.165, 1.54) is 17.0 Å².